The van der Waals surface area contributed by atoms with Gasteiger partial charge >= 0.3 is 6.03 Å². The van der Waals surface area contributed by atoms with Crippen LogP contribution in [0, 0.1) is 0 Å². The Hall–Kier alpha value is -2.94. The van der Waals surface area contributed by atoms with Crippen molar-refractivity contribution in [1.82, 2.24) is 20.3 Å². The molecule has 1 fully saturated rings. The van der Waals surface area contributed by atoms with E-state index in [1.807, 2.05) is 43.3 Å². The molecule has 2 N–H and O–H groups in total. The fourth-order valence-electron chi connectivity index (χ4n) is 2.99. The lowest BCUT2D eigenvalue weighted by Crippen LogP contribution is -2.27. The van der Waals surface area contributed by atoms with Gasteiger partial charge in [0.15, 0.2) is 10.8 Å². The first-order chi connectivity index (χ1) is 13.0. The van der Waals surface area contributed by atoms with Crippen LogP contribution in [0.3, 0.4) is 0 Å². The van der Waals surface area contributed by atoms with Crippen LogP contribution in [-0.2, 0) is 0 Å². The van der Waals surface area contributed by atoms with Gasteiger partial charge in [-0.25, -0.2) is 14.8 Å². The van der Waals surface area contributed by atoms with E-state index in [1.165, 1.54) is 6.33 Å². The first-order valence-electron chi connectivity index (χ1n) is 8.73. The van der Waals surface area contributed by atoms with E-state index in [9.17, 15) is 4.79 Å². The molecular formula is C18H21N7OS. The highest BCUT2D eigenvalue weighted by Crippen LogP contribution is 2.32. The Morgan fingerprint density at radius 1 is 1.26 bits per heavy atom. The number of hydrogen-bond acceptors (Lipinski definition) is 7. The SMILES string of the molecule is CC(Nc1ncnc2nc(N(C)C)sc12)c1ccc(N2CCNC2=O)cc1. The number of benzene rings is 1. The van der Waals surface area contributed by atoms with Gasteiger partial charge in [0.25, 0.3) is 0 Å². The number of nitrogens with one attached hydrogen (secondary N) is 2. The molecule has 2 aromatic heterocycles. The first-order valence-corrected chi connectivity index (χ1v) is 9.55. The maximum Gasteiger partial charge on any atom is 0.321 e. The number of nitrogens with zero attached hydrogens (tertiary/aromatic N) is 5. The summed E-state index contributed by atoms with van der Waals surface area (Å²) >= 11 is 1.56. The van der Waals surface area contributed by atoms with Gasteiger partial charge in [-0.05, 0) is 24.6 Å². The summed E-state index contributed by atoms with van der Waals surface area (Å²) in [5.41, 5.74) is 2.72. The van der Waals surface area contributed by atoms with E-state index in [0.717, 1.165) is 26.9 Å². The summed E-state index contributed by atoms with van der Waals surface area (Å²) in [5.74, 6) is 0.779. The van der Waals surface area contributed by atoms with Crippen LogP contribution in [0.15, 0.2) is 30.6 Å². The summed E-state index contributed by atoms with van der Waals surface area (Å²) in [6.45, 7) is 3.47. The molecule has 1 aromatic carbocycles. The van der Waals surface area contributed by atoms with E-state index in [-0.39, 0.29) is 12.1 Å². The van der Waals surface area contributed by atoms with Gasteiger partial charge in [-0.2, -0.15) is 4.98 Å². The second kappa shape index (κ2) is 6.99. The van der Waals surface area contributed by atoms with Gasteiger partial charge < -0.3 is 15.5 Å². The molecule has 2 amide bonds. The molecule has 1 aliphatic heterocycles. The molecule has 3 aromatic rings. The van der Waals surface area contributed by atoms with Crippen molar-refractivity contribution in [3.8, 4) is 0 Å². The average molecular weight is 383 g/mol. The van der Waals surface area contributed by atoms with E-state index in [4.69, 9.17) is 0 Å². The quantitative estimate of drug-likeness (QED) is 0.705. The Labute approximate surface area is 161 Å². The average Bonchev–Trinajstić information content (AvgIpc) is 3.28. The Kier molecular flexibility index (Phi) is 4.53. The Morgan fingerprint density at radius 3 is 2.70 bits per heavy atom. The van der Waals surface area contributed by atoms with Gasteiger partial charge in [0, 0.05) is 38.9 Å². The maximum absolute atomic E-state index is 11.8. The number of thiazole rings is 1. The number of fused-ring (bicyclic) bond motifs is 1. The van der Waals surface area contributed by atoms with Crippen LogP contribution in [0.2, 0.25) is 0 Å². The van der Waals surface area contributed by atoms with E-state index >= 15 is 0 Å². The van der Waals surface area contributed by atoms with Crippen molar-refractivity contribution in [2.75, 3.05) is 42.3 Å². The molecule has 0 spiro atoms. The van der Waals surface area contributed by atoms with Crippen LogP contribution in [0.25, 0.3) is 10.3 Å². The van der Waals surface area contributed by atoms with Gasteiger partial charge in [-0.3, -0.25) is 4.90 Å². The zero-order valence-electron chi connectivity index (χ0n) is 15.4. The van der Waals surface area contributed by atoms with Gasteiger partial charge in [-0.15, -0.1) is 0 Å². The monoisotopic (exact) mass is 383 g/mol. The molecule has 140 valence electrons. The topological polar surface area (TPSA) is 86.3 Å². The number of urea groups is 1. The summed E-state index contributed by atoms with van der Waals surface area (Å²) in [4.78, 5) is 28.7. The van der Waals surface area contributed by atoms with Crippen LogP contribution >= 0.6 is 11.3 Å². The van der Waals surface area contributed by atoms with Crippen molar-refractivity contribution in [3.63, 3.8) is 0 Å². The van der Waals surface area contributed by atoms with E-state index in [2.05, 4.69) is 32.5 Å². The molecule has 1 saturated heterocycles. The standard InChI is InChI=1S/C18H21N7OS/c1-11(12-4-6-13(7-5-12)25-9-8-19-17(25)26)22-15-14-16(21-10-20-15)23-18(27-14)24(2)3/h4-7,10-11H,8-9H2,1-3H3,(H,19,26)(H,20,21,22). The molecule has 1 unspecified atom stereocenters. The summed E-state index contributed by atoms with van der Waals surface area (Å²) in [6, 6.07) is 8.04. The zero-order valence-corrected chi connectivity index (χ0v) is 16.2. The van der Waals surface area contributed by atoms with Gasteiger partial charge in [-0.1, -0.05) is 23.5 Å². The number of anilines is 3. The first kappa shape index (κ1) is 17.5. The number of carbonyl (C=O) groups is 1. The fourth-order valence-corrected chi connectivity index (χ4v) is 3.88. The Bertz CT molecular complexity index is 970. The lowest BCUT2D eigenvalue weighted by Gasteiger charge is -2.18. The lowest BCUT2D eigenvalue weighted by molar-refractivity contribution is 0.252. The largest absolute Gasteiger partial charge is 0.362 e. The predicted octanol–water partition coefficient (Wildman–Crippen LogP) is 2.86. The smallest absolute Gasteiger partial charge is 0.321 e. The number of amides is 2. The van der Waals surface area contributed by atoms with Crippen molar-refractivity contribution in [2.45, 2.75) is 13.0 Å². The van der Waals surface area contributed by atoms with Crippen molar-refractivity contribution < 1.29 is 4.79 Å². The Morgan fingerprint density at radius 2 is 2.04 bits per heavy atom. The minimum Gasteiger partial charge on any atom is -0.362 e. The minimum absolute atomic E-state index is 0.0424. The van der Waals surface area contributed by atoms with E-state index in [0.29, 0.717) is 18.7 Å². The summed E-state index contributed by atoms with van der Waals surface area (Å²) in [6.07, 6.45) is 1.53. The number of carbonyl (C=O) groups excluding carboxylic acids is 1. The van der Waals surface area contributed by atoms with Crippen molar-refractivity contribution in [1.29, 1.82) is 0 Å². The molecule has 9 heteroatoms. The highest BCUT2D eigenvalue weighted by atomic mass is 32.1. The molecule has 0 radical (unpaired) electrons. The molecule has 0 bridgehead atoms. The highest BCUT2D eigenvalue weighted by Gasteiger charge is 2.21. The molecule has 3 heterocycles. The minimum atomic E-state index is -0.0424. The second-order valence-electron chi connectivity index (χ2n) is 6.61. The summed E-state index contributed by atoms with van der Waals surface area (Å²) in [5, 5.41) is 7.17. The maximum atomic E-state index is 11.8. The Balaban J connectivity index is 1.54. The van der Waals surface area contributed by atoms with Crippen LogP contribution in [0.1, 0.15) is 18.5 Å². The number of rotatable bonds is 5. The third kappa shape index (κ3) is 3.37. The van der Waals surface area contributed by atoms with Gasteiger partial charge in [0.05, 0.1) is 0 Å². The van der Waals surface area contributed by atoms with Crippen molar-refractivity contribution in [3.05, 3.63) is 36.2 Å². The molecule has 27 heavy (non-hydrogen) atoms. The van der Waals surface area contributed by atoms with Crippen molar-refractivity contribution in [2.24, 2.45) is 0 Å². The molecular weight excluding hydrogens is 362 g/mol. The number of hydrogen-bond donors (Lipinski definition) is 2. The molecule has 4 rings (SSSR count). The van der Waals surface area contributed by atoms with Crippen LogP contribution in [-0.4, -0.2) is 48.2 Å². The molecule has 0 saturated carbocycles. The zero-order chi connectivity index (χ0) is 19.0. The van der Waals surface area contributed by atoms with Crippen molar-refractivity contribution >= 4 is 44.4 Å². The van der Waals surface area contributed by atoms with Crippen LogP contribution in [0.5, 0.6) is 0 Å². The third-order valence-corrected chi connectivity index (χ3v) is 5.70. The summed E-state index contributed by atoms with van der Waals surface area (Å²) < 4.78 is 0.943. The molecule has 8 nitrogen and oxygen atoms in total. The fraction of sp³-hybridized carbons (Fsp3) is 0.333. The van der Waals surface area contributed by atoms with E-state index < -0.39 is 0 Å². The van der Waals surface area contributed by atoms with Crippen LogP contribution < -0.4 is 20.4 Å². The molecule has 1 atom stereocenters. The predicted molar refractivity (Wildman–Crippen MR) is 109 cm³/mol. The highest BCUT2D eigenvalue weighted by molar-refractivity contribution is 7.22. The van der Waals surface area contributed by atoms with E-state index in [1.54, 1.807) is 16.2 Å². The second-order valence-corrected chi connectivity index (χ2v) is 7.58. The normalized spacial score (nSPS) is 15.1. The van der Waals surface area contributed by atoms with Gasteiger partial charge in [0.2, 0.25) is 0 Å². The summed E-state index contributed by atoms with van der Waals surface area (Å²) in [7, 11) is 3.92. The lowest BCUT2D eigenvalue weighted by atomic mass is 10.1. The number of aromatic nitrogens is 3. The molecule has 0 aliphatic carbocycles. The third-order valence-electron chi connectivity index (χ3n) is 4.48. The molecule has 1 aliphatic rings. The van der Waals surface area contributed by atoms with Gasteiger partial charge in [0.1, 0.15) is 16.8 Å². The van der Waals surface area contributed by atoms with Crippen LogP contribution in [0.4, 0.5) is 21.4 Å².